The van der Waals surface area contributed by atoms with Gasteiger partial charge < -0.3 is 10.4 Å². The van der Waals surface area contributed by atoms with Gasteiger partial charge in [0.1, 0.15) is 5.82 Å². The van der Waals surface area contributed by atoms with Crippen molar-refractivity contribution >= 4 is 11.7 Å². The molecule has 1 amide bonds. The van der Waals surface area contributed by atoms with E-state index in [1.165, 1.54) is 24.3 Å². The summed E-state index contributed by atoms with van der Waals surface area (Å²) < 4.78 is 12.8. The Bertz CT molecular complexity index is 535. The minimum atomic E-state index is -0.884. The summed E-state index contributed by atoms with van der Waals surface area (Å²) in [5, 5.41) is 12.9. The number of carbonyl (C=O) groups excluding carboxylic acids is 2. The maximum atomic E-state index is 12.8. The lowest BCUT2D eigenvalue weighted by Gasteiger charge is -2.22. The Morgan fingerprint density at radius 2 is 1.86 bits per heavy atom. The quantitative estimate of drug-likeness (QED) is 0.794. The van der Waals surface area contributed by atoms with Gasteiger partial charge in [0, 0.05) is 18.0 Å². The van der Waals surface area contributed by atoms with Gasteiger partial charge in [0.2, 0.25) is 5.91 Å². The minimum Gasteiger partial charge on any atom is -0.389 e. The van der Waals surface area contributed by atoms with Gasteiger partial charge in [-0.2, -0.15) is 0 Å². The number of amides is 1. The highest BCUT2D eigenvalue weighted by atomic mass is 19.1. The Morgan fingerprint density at radius 1 is 1.27 bits per heavy atom. The summed E-state index contributed by atoms with van der Waals surface area (Å²) in [4.78, 5) is 24.0. The largest absolute Gasteiger partial charge is 0.389 e. The van der Waals surface area contributed by atoms with E-state index in [0.29, 0.717) is 18.4 Å². The average molecular weight is 307 g/mol. The molecule has 22 heavy (non-hydrogen) atoms. The van der Waals surface area contributed by atoms with Crippen LogP contribution in [-0.2, 0) is 4.79 Å². The van der Waals surface area contributed by atoms with Gasteiger partial charge in [0.05, 0.1) is 12.0 Å². The van der Waals surface area contributed by atoms with E-state index in [1.807, 2.05) is 0 Å². The fraction of sp³-hybridized carbons (Fsp3) is 0.529. The maximum absolute atomic E-state index is 12.8. The number of nitrogens with one attached hydrogen (secondary N) is 1. The standard InChI is InChI=1S/C17H22FNO3/c1-12(10-15(20)13-4-6-14(18)7-5-13)19-16(21)11-17(22)8-2-3-9-17/h4-7,12,22H,2-3,8-11H2,1H3,(H,19,21). The summed E-state index contributed by atoms with van der Waals surface area (Å²) in [6.45, 7) is 1.75. The highest BCUT2D eigenvalue weighted by Crippen LogP contribution is 2.32. The molecule has 0 spiro atoms. The summed E-state index contributed by atoms with van der Waals surface area (Å²) in [5.74, 6) is -0.765. The van der Waals surface area contributed by atoms with Crippen LogP contribution in [-0.4, -0.2) is 28.4 Å². The minimum absolute atomic E-state index is 0.0854. The first-order valence-electron chi connectivity index (χ1n) is 7.68. The zero-order chi connectivity index (χ0) is 16.2. The molecule has 2 N–H and O–H groups in total. The molecule has 1 aliphatic rings. The summed E-state index contributed by atoms with van der Waals surface area (Å²) in [5.41, 5.74) is -0.456. The van der Waals surface area contributed by atoms with Crippen LogP contribution in [0.15, 0.2) is 24.3 Å². The van der Waals surface area contributed by atoms with Gasteiger partial charge in [-0.15, -0.1) is 0 Å². The molecule has 0 aliphatic heterocycles. The van der Waals surface area contributed by atoms with E-state index < -0.39 is 5.60 Å². The summed E-state index contributed by atoms with van der Waals surface area (Å²) >= 11 is 0. The molecule has 0 heterocycles. The Balaban J connectivity index is 1.81. The Hall–Kier alpha value is -1.75. The van der Waals surface area contributed by atoms with Crippen LogP contribution in [0.4, 0.5) is 4.39 Å². The van der Waals surface area contributed by atoms with Gasteiger partial charge >= 0.3 is 0 Å². The van der Waals surface area contributed by atoms with Gasteiger partial charge in [-0.25, -0.2) is 4.39 Å². The number of hydrogen-bond acceptors (Lipinski definition) is 3. The third kappa shape index (κ3) is 4.63. The third-order valence-electron chi connectivity index (χ3n) is 4.09. The van der Waals surface area contributed by atoms with E-state index in [9.17, 15) is 19.1 Å². The van der Waals surface area contributed by atoms with Crippen LogP contribution in [0.5, 0.6) is 0 Å². The number of hydrogen-bond donors (Lipinski definition) is 2. The highest BCUT2D eigenvalue weighted by Gasteiger charge is 2.33. The van der Waals surface area contributed by atoms with Crippen molar-refractivity contribution in [2.75, 3.05) is 0 Å². The van der Waals surface area contributed by atoms with Gasteiger partial charge in [0.15, 0.2) is 5.78 Å². The van der Waals surface area contributed by atoms with Crippen molar-refractivity contribution in [2.24, 2.45) is 0 Å². The summed E-state index contributed by atoms with van der Waals surface area (Å²) in [6.07, 6.45) is 3.44. The van der Waals surface area contributed by atoms with Crippen LogP contribution in [0.25, 0.3) is 0 Å². The second-order valence-corrected chi connectivity index (χ2v) is 6.21. The van der Waals surface area contributed by atoms with E-state index in [4.69, 9.17) is 0 Å². The van der Waals surface area contributed by atoms with Crippen molar-refractivity contribution in [3.63, 3.8) is 0 Å². The molecule has 1 fully saturated rings. The second-order valence-electron chi connectivity index (χ2n) is 6.21. The lowest BCUT2D eigenvalue weighted by Crippen LogP contribution is -2.39. The first-order chi connectivity index (χ1) is 10.4. The molecule has 0 radical (unpaired) electrons. The van der Waals surface area contributed by atoms with Crippen molar-refractivity contribution in [2.45, 2.75) is 57.1 Å². The molecule has 4 nitrogen and oxygen atoms in total. The molecule has 120 valence electrons. The fourth-order valence-corrected chi connectivity index (χ4v) is 2.92. The SMILES string of the molecule is CC(CC(=O)c1ccc(F)cc1)NC(=O)CC1(O)CCCC1. The topological polar surface area (TPSA) is 66.4 Å². The molecule has 0 bridgehead atoms. The Kier molecular flexibility index (Phi) is 5.29. The van der Waals surface area contributed by atoms with Crippen molar-refractivity contribution in [1.82, 2.24) is 5.32 Å². The Morgan fingerprint density at radius 3 is 2.45 bits per heavy atom. The van der Waals surface area contributed by atoms with Crippen LogP contribution >= 0.6 is 0 Å². The number of rotatable bonds is 6. The smallest absolute Gasteiger partial charge is 0.223 e. The molecule has 0 saturated heterocycles. The molecular weight excluding hydrogens is 285 g/mol. The molecule has 2 rings (SSSR count). The highest BCUT2D eigenvalue weighted by molar-refractivity contribution is 5.96. The van der Waals surface area contributed by atoms with Crippen molar-refractivity contribution in [3.8, 4) is 0 Å². The molecule has 1 saturated carbocycles. The fourth-order valence-electron chi connectivity index (χ4n) is 2.92. The monoisotopic (exact) mass is 307 g/mol. The normalized spacial score (nSPS) is 18.0. The molecule has 1 aromatic rings. The molecule has 0 aromatic heterocycles. The Labute approximate surface area is 129 Å². The van der Waals surface area contributed by atoms with E-state index in [0.717, 1.165) is 12.8 Å². The molecule has 1 aliphatic carbocycles. The number of aliphatic hydroxyl groups is 1. The van der Waals surface area contributed by atoms with Crippen LogP contribution in [0.3, 0.4) is 0 Å². The average Bonchev–Trinajstić information content (AvgIpc) is 2.85. The zero-order valence-corrected chi connectivity index (χ0v) is 12.8. The predicted octanol–water partition coefficient (Wildman–Crippen LogP) is 2.60. The number of carbonyl (C=O) groups is 2. The lowest BCUT2D eigenvalue weighted by atomic mass is 9.97. The van der Waals surface area contributed by atoms with Crippen molar-refractivity contribution in [3.05, 3.63) is 35.6 Å². The zero-order valence-electron chi connectivity index (χ0n) is 12.8. The number of ketones is 1. The van der Waals surface area contributed by atoms with Crippen LogP contribution in [0, 0.1) is 5.82 Å². The molecule has 1 atom stereocenters. The maximum Gasteiger partial charge on any atom is 0.223 e. The lowest BCUT2D eigenvalue weighted by molar-refractivity contribution is -0.126. The van der Waals surface area contributed by atoms with E-state index >= 15 is 0 Å². The number of halogens is 1. The van der Waals surface area contributed by atoms with Gasteiger partial charge in [-0.1, -0.05) is 12.8 Å². The van der Waals surface area contributed by atoms with Crippen LogP contribution < -0.4 is 5.32 Å². The third-order valence-corrected chi connectivity index (χ3v) is 4.09. The van der Waals surface area contributed by atoms with Gasteiger partial charge in [-0.05, 0) is 44.0 Å². The van der Waals surface area contributed by atoms with Crippen molar-refractivity contribution in [1.29, 1.82) is 0 Å². The van der Waals surface area contributed by atoms with E-state index in [1.54, 1.807) is 6.92 Å². The molecule has 1 aromatic carbocycles. The first-order valence-corrected chi connectivity index (χ1v) is 7.68. The van der Waals surface area contributed by atoms with E-state index in [-0.39, 0.29) is 36.4 Å². The van der Waals surface area contributed by atoms with Crippen molar-refractivity contribution < 1.29 is 19.1 Å². The van der Waals surface area contributed by atoms with Gasteiger partial charge in [-0.3, -0.25) is 9.59 Å². The molecule has 5 heteroatoms. The first kappa shape index (κ1) is 16.6. The summed E-state index contributed by atoms with van der Waals surface area (Å²) in [7, 11) is 0. The van der Waals surface area contributed by atoms with E-state index in [2.05, 4.69) is 5.32 Å². The number of benzene rings is 1. The van der Waals surface area contributed by atoms with Gasteiger partial charge in [0.25, 0.3) is 0 Å². The molecule has 1 unspecified atom stereocenters. The second kappa shape index (κ2) is 7.01. The summed E-state index contributed by atoms with van der Waals surface area (Å²) in [6, 6.07) is 5.04. The molecular formula is C17H22FNO3. The van der Waals surface area contributed by atoms with Crippen LogP contribution in [0.1, 0.15) is 55.8 Å². The predicted molar refractivity (Wildman–Crippen MR) is 81.0 cm³/mol. The number of Topliss-reactive ketones (excluding diaryl/α,β-unsaturated/α-hetero) is 1. The van der Waals surface area contributed by atoms with Crippen LogP contribution in [0.2, 0.25) is 0 Å².